The van der Waals surface area contributed by atoms with Gasteiger partial charge in [-0.1, -0.05) is 0 Å². The van der Waals surface area contributed by atoms with E-state index in [0.29, 0.717) is 18.0 Å². The topological polar surface area (TPSA) is 32.3 Å². The van der Waals surface area contributed by atoms with Crippen LogP contribution in [0.15, 0.2) is 0 Å². The van der Waals surface area contributed by atoms with E-state index in [4.69, 9.17) is 0 Å². The van der Waals surface area contributed by atoms with Crippen LogP contribution in [0.4, 0.5) is 0 Å². The second kappa shape index (κ2) is 4.30. The summed E-state index contributed by atoms with van der Waals surface area (Å²) in [5.74, 6) is 0.359. The van der Waals surface area contributed by atoms with Crippen LogP contribution in [0.25, 0.3) is 0 Å². The lowest BCUT2D eigenvalue weighted by Crippen LogP contribution is -2.47. The van der Waals surface area contributed by atoms with Gasteiger partial charge in [0.2, 0.25) is 5.91 Å². The van der Waals surface area contributed by atoms with Gasteiger partial charge in [0.1, 0.15) is 0 Å². The van der Waals surface area contributed by atoms with Gasteiger partial charge in [0, 0.05) is 25.0 Å². The third-order valence-corrected chi connectivity index (χ3v) is 3.44. The molecule has 1 N–H and O–H groups in total. The van der Waals surface area contributed by atoms with Gasteiger partial charge in [0.15, 0.2) is 0 Å². The van der Waals surface area contributed by atoms with Crippen molar-refractivity contribution in [2.45, 2.75) is 51.1 Å². The fourth-order valence-electron chi connectivity index (χ4n) is 2.53. The van der Waals surface area contributed by atoms with Crippen LogP contribution in [0.5, 0.6) is 0 Å². The molecule has 0 radical (unpaired) electrons. The first kappa shape index (κ1) is 9.97. The minimum absolute atomic E-state index is 0.359. The maximum absolute atomic E-state index is 11.7. The molecule has 1 amide bonds. The number of nitrogens with one attached hydrogen (secondary N) is 1. The van der Waals surface area contributed by atoms with Crippen molar-refractivity contribution in [3.8, 4) is 0 Å². The highest BCUT2D eigenvalue weighted by atomic mass is 16.2. The molecule has 2 heterocycles. The Morgan fingerprint density at radius 3 is 2.93 bits per heavy atom. The molecule has 2 aliphatic heterocycles. The molecule has 3 heteroatoms. The molecule has 80 valence electrons. The summed E-state index contributed by atoms with van der Waals surface area (Å²) in [6, 6.07) is 1.01. The van der Waals surface area contributed by atoms with E-state index in [1.54, 1.807) is 0 Å². The van der Waals surface area contributed by atoms with Gasteiger partial charge in [-0.3, -0.25) is 4.79 Å². The predicted octanol–water partition coefficient (Wildman–Crippen LogP) is 1.14. The van der Waals surface area contributed by atoms with Gasteiger partial charge in [-0.25, -0.2) is 0 Å². The summed E-state index contributed by atoms with van der Waals surface area (Å²) in [7, 11) is 0. The third kappa shape index (κ3) is 2.08. The van der Waals surface area contributed by atoms with Crippen LogP contribution in [0.3, 0.4) is 0 Å². The lowest BCUT2D eigenvalue weighted by molar-refractivity contribution is -0.136. The third-order valence-electron chi connectivity index (χ3n) is 3.44. The van der Waals surface area contributed by atoms with Crippen molar-refractivity contribution in [1.82, 2.24) is 10.2 Å². The van der Waals surface area contributed by atoms with E-state index in [9.17, 15) is 4.79 Å². The van der Waals surface area contributed by atoms with Crippen LogP contribution in [0, 0.1) is 0 Å². The highest BCUT2D eigenvalue weighted by Crippen LogP contribution is 2.19. The number of carbonyl (C=O) groups excluding carboxylic acids is 1. The van der Waals surface area contributed by atoms with Crippen molar-refractivity contribution in [2.24, 2.45) is 0 Å². The first-order chi connectivity index (χ1) is 6.77. The first-order valence-electron chi connectivity index (χ1n) is 5.80. The summed E-state index contributed by atoms with van der Waals surface area (Å²) in [5, 5.41) is 3.45. The van der Waals surface area contributed by atoms with Gasteiger partial charge in [-0.2, -0.15) is 0 Å². The number of piperidine rings is 1. The van der Waals surface area contributed by atoms with Crippen molar-refractivity contribution < 1.29 is 4.79 Å². The number of hydrogen-bond donors (Lipinski definition) is 1. The van der Waals surface area contributed by atoms with Crippen LogP contribution in [0.2, 0.25) is 0 Å². The van der Waals surface area contributed by atoms with Crippen LogP contribution in [0.1, 0.15) is 39.0 Å². The van der Waals surface area contributed by atoms with Crippen molar-refractivity contribution in [3.05, 3.63) is 0 Å². The molecule has 2 rings (SSSR count). The fourth-order valence-corrected chi connectivity index (χ4v) is 2.53. The highest BCUT2D eigenvalue weighted by Gasteiger charge is 2.27. The molecule has 0 aromatic rings. The largest absolute Gasteiger partial charge is 0.338 e. The van der Waals surface area contributed by atoms with Gasteiger partial charge in [-0.05, 0) is 39.2 Å². The summed E-state index contributed by atoms with van der Waals surface area (Å²) in [4.78, 5) is 13.8. The van der Waals surface area contributed by atoms with E-state index in [0.717, 1.165) is 25.9 Å². The summed E-state index contributed by atoms with van der Waals surface area (Å²) in [5.41, 5.74) is 0. The zero-order chi connectivity index (χ0) is 9.97. The predicted molar refractivity (Wildman–Crippen MR) is 56.1 cm³/mol. The maximum atomic E-state index is 11.7. The van der Waals surface area contributed by atoms with Gasteiger partial charge < -0.3 is 10.2 Å². The van der Waals surface area contributed by atoms with Gasteiger partial charge in [0.05, 0.1) is 0 Å². The highest BCUT2D eigenvalue weighted by molar-refractivity contribution is 5.77. The number of amides is 1. The molecule has 2 fully saturated rings. The molecule has 0 aromatic heterocycles. The van der Waals surface area contributed by atoms with Gasteiger partial charge in [0.25, 0.3) is 0 Å². The standard InChI is InChI=1S/C11H20N2O/c1-9-4-2-6-11(14)13(9)8-10-5-3-7-12-10/h9-10,12H,2-8H2,1H3. The second-order valence-electron chi connectivity index (χ2n) is 4.58. The smallest absolute Gasteiger partial charge is 0.222 e. The maximum Gasteiger partial charge on any atom is 0.222 e. The molecule has 2 unspecified atom stereocenters. The van der Waals surface area contributed by atoms with Crippen LogP contribution in [-0.4, -0.2) is 36.0 Å². The molecule has 2 atom stereocenters. The normalized spacial score (nSPS) is 33.8. The number of nitrogens with zero attached hydrogens (tertiary/aromatic N) is 1. The molecule has 2 saturated heterocycles. The Morgan fingerprint density at radius 1 is 1.43 bits per heavy atom. The Hall–Kier alpha value is -0.570. The number of likely N-dealkylation sites (tertiary alicyclic amines) is 1. The SMILES string of the molecule is CC1CCCC(=O)N1CC1CCCN1. The molecule has 14 heavy (non-hydrogen) atoms. The molecule has 0 aliphatic carbocycles. The van der Waals surface area contributed by atoms with Crippen molar-refractivity contribution >= 4 is 5.91 Å². The molecular weight excluding hydrogens is 176 g/mol. The molecule has 0 aromatic carbocycles. The Morgan fingerprint density at radius 2 is 2.29 bits per heavy atom. The van der Waals surface area contributed by atoms with Crippen molar-refractivity contribution in [1.29, 1.82) is 0 Å². The Bertz CT molecular complexity index is 211. The summed E-state index contributed by atoms with van der Waals surface area (Å²) >= 11 is 0. The summed E-state index contributed by atoms with van der Waals surface area (Å²) < 4.78 is 0. The minimum Gasteiger partial charge on any atom is -0.338 e. The lowest BCUT2D eigenvalue weighted by Gasteiger charge is -2.35. The quantitative estimate of drug-likeness (QED) is 0.718. The first-order valence-corrected chi connectivity index (χ1v) is 5.80. The van der Waals surface area contributed by atoms with Gasteiger partial charge in [-0.15, -0.1) is 0 Å². The minimum atomic E-state index is 0.359. The van der Waals surface area contributed by atoms with E-state index in [1.165, 1.54) is 19.3 Å². The zero-order valence-corrected chi connectivity index (χ0v) is 8.96. The molecule has 0 bridgehead atoms. The van der Waals surface area contributed by atoms with E-state index < -0.39 is 0 Å². The van der Waals surface area contributed by atoms with Crippen LogP contribution < -0.4 is 5.32 Å². The van der Waals surface area contributed by atoms with E-state index >= 15 is 0 Å². The molecule has 3 nitrogen and oxygen atoms in total. The molecular formula is C11H20N2O. The number of hydrogen-bond acceptors (Lipinski definition) is 2. The lowest BCUT2D eigenvalue weighted by atomic mass is 10.0. The van der Waals surface area contributed by atoms with E-state index in [-0.39, 0.29) is 0 Å². The number of carbonyl (C=O) groups is 1. The van der Waals surface area contributed by atoms with Crippen molar-refractivity contribution in [3.63, 3.8) is 0 Å². The van der Waals surface area contributed by atoms with Crippen LogP contribution >= 0.6 is 0 Å². The average Bonchev–Trinajstić information content (AvgIpc) is 2.64. The van der Waals surface area contributed by atoms with Crippen molar-refractivity contribution in [2.75, 3.05) is 13.1 Å². The van der Waals surface area contributed by atoms with Crippen LogP contribution in [-0.2, 0) is 4.79 Å². The Kier molecular flexibility index (Phi) is 3.06. The Balaban J connectivity index is 1.89. The Labute approximate surface area is 85.8 Å². The number of rotatable bonds is 2. The van der Waals surface area contributed by atoms with E-state index in [2.05, 4.69) is 17.1 Å². The zero-order valence-electron chi connectivity index (χ0n) is 8.96. The summed E-state index contributed by atoms with van der Waals surface area (Å²) in [6.45, 7) is 4.23. The molecule has 0 saturated carbocycles. The molecule has 0 spiro atoms. The second-order valence-corrected chi connectivity index (χ2v) is 4.58. The van der Waals surface area contributed by atoms with E-state index in [1.807, 2.05) is 0 Å². The monoisotopic (exact) mass is 196 g/mol. The summed E-state index contributed by atoms with van der Waals surface area (Å²) in [6.07, 6.45) is 5.52. The average molecular weight is 196 g/mol. The fraction of sp³-hybridized carbons (Fsp3) is 0.909. The molecule has 2 aliphatic rings. The van der Waals surface area contributed by atoms with Gasteiger partial charge >= 0.3 is 0 Å².